The number of aliphatic hydroxyl groups excluding tert-OH is 1. The minimum absolute atomic E-state index is 0.0698. The molecule has 0 radical (unpaired) electrons. The van der Waals surface area contributed by atoms with Crippen LogP contribution >= 0.6 is 11.8 Å². The van der Waals surface area contributed by atoms with Crippen LogP contribution in [0.15, 0.2) is 39.7 Å². The molecule has 4 heterocycles. The number of ketones is 1. The molecule has 43 heavy (non-hydrogen) atoms. The van der Waals surface area contributed by atoms with E-state index in [0.29, 0.717) is 35.3 Å². The number of carbonyl (C=O) groups excluding carboxylic acids is 1. The van der Waals surface area contributed by atoms with Crippen molar-refractivity contribution in [3.05, 3.63) is 41.4 Å². The Labute approximate surface area is 255 Å². The van der Waals surface area contributed by atoms with Crippen molar-refractivity contribution in [1.29, 1.82) is 0 Å². The number of hydrogen-bond acceptors (Lipinski definition) is 9. The molecule has 3 aromatic rings. The van der Waals surface area contributed by atoms with Crippen molar-refractivity contribution in [3.8, 4) is 0 Å². The molecule has 0 spiro atoms. The van der Waals surface area contributed by atoms with Gasteiger partial charge < -0.3 is 19.4 Å². The lowest BCUT2D eigenvalue weighted by Crippen LogP contribution is -2.62. The van der Waals surface area contributed by atoms with Crippen LogP contribution in [0.2, 0.25) is 0 Å². The molecular formula is C33H40N4O5S. The predicted molar refractivity (Wildman–Crippen MR) is 161 cm³/mol. The Bertz CT molecular complexity index is 1580. The van der Waals surface area contributed by atoms with Gasteiger partial charge in [0.05, 0.1) is 29.8 Å². The fraction of sp³-hybridized carbons (Fsp3) is 0.636. The Hall–Kier alpha value is -2.53. The molecule has 3 saturated carbocycles. The smallest absolute Gasteiger partial charge is 0.258 e. The average molecular weight is 605 g/mol. The standard InChI is InChI=1S/C33H40N4O5S/c1-31-15-19-17-35-37(21-8-12-41-13-9-21)24(19)14-20(31)5-6-22-23-7-10-33(40,32(23,2)16-25(38)28(22)31)27(39)18-43-30-36-29-26(42-30)4-3-11-34-29/h3-4,11,14,17,21-23,25,28,38,40H,5-10,12-13,15-16,18H2,1-2H3/t22?,23?,25?,28?,31?,32?,33-/m0/s1. The third-order valence-corrected chi connectivity index (χ3v) is 12.9. The van der Waals surface area contributed by atoms with Crippen molar-refractivity contribution >= 4 is 34.9 Å². The highest BCUT2D eigenvalue weighted by atomic mass is 32.2. The molecule has 4 aliphatic carbocycles. The summed E-state index contributed by atoms with van der Waals surface area (Å²) in [6, 6.07) is 3.96. The molecule has 2 N–H and O–H groups in total. The molecule has 5 aliphatic rings. The highest BCUT2D eigenvalue weighted by molar-refractivity contribution is 7.99. The van der Waals surface area contributed by atoms with E-state index in [9.17, 15) is 15.0 Å². The molecule has 228 valence electrons. The number of ether oxygens (including phenoxy) is 1. The summed E-state index contributed by atoms with van der Waals surface area (Å²) in [4.78, 5) is 22.4. The lowest BCUT2D eigenvalue weighted by atomic mass is 9.45. The number of carbonyl (C=O) groups is 1. The third kappa shape index (κ3) is 4.09. The van der Waals surface area contributed by atoms with Gasteiger partial charge in [-0.3, -0.25) is 9.48 Å². The maximum atomic E-state index is 13.8. The Balaban J connectivity index is 1.04. The van der Waals surface area contributed by atoms with E-state index >= 15 is 0 Å². The second-order valence-corrected chi connectivity index (χ2v) is 15.0. The number of hydrogen-bond donors (Lipinski definition) is 2. The average Bonchev–Trinajstić information content (AvgIpc) is 3.68. The quantitative estimate of drug-likeness (QED) is 0.387. The molecule has 1 saturated heterocycles. The first-order valence-corrected chi connectivity index (χ1v) is 16.8. The Morgan fingerprint density at radius 3 is 2.86 bits per heavy atom. The van der Waals surface area contributed by atoms with Crippen LogP contribution in [0.5, 0.6) is 0 Å². The highest BCUT2D eigenvalue weighted by Gasteiger charge is 2.68. The third-order valence-electron chi connectivity index (χ3n) is 12.1. The molecule has 9 nitrogen and oxygen atoms in total. The van der Waals surface area contributed by atoms with Crippen LogP contribution < -0.4 is 0 Å². The Kier molecular flexibility index (Phi) is 6.50. The lowest BCUT2D eigenvalue weighted by Gasteiger charge is -2.60. The van der Waals surface area contributed by atoms with Crippen LogP contribution in [0.1, 0.15) is 76.1 Å². The van der Waals surface area contributed by atoms with Crippen molar-refractivity contribution in [3.63, 3.8) is 0 Å². The van der Waals surface area contributed by atoms with Gasteiger partial charge in [0.25, 0.3) is 5.22 Å². The van der Waals surface area contributed by atoms with Gasteiger partial charge >= 0.3 is 0 Å². The maximum Gasteiger partial charge on any atom is 0.258 e. The Morgan fingerprint density at radius 1 is 1.21 bits per heavy atom. The van der Waals surface area contributed by atoms with Crippen LogP contribution in [0.4, 0.5) is 0 Å². The second-order valence-electron chi connectivity index (χ2n) is 14.0. The number of oxazole rings is 1. The summed E-state index contributed by atoms with van der Waals surface area (Å²) in [5.74, 6) is 0.386. The van der Waals surface area contributed by atoms with Gasteiger partial charge in [0.1, 0.15) is 5.60 Å². The predicted octanol–water partition coefficient (Wildman–Crippen LogP) is 5.02. The zero-order valence-electron chi connectivity index (χ0n) is 24.9. The van der Waals surface area contributed by atoms with E-state index in [1.165, 1.54) is 28.6 Å². The zero-order chi connectivity index (χ0) is 29.6. The summed E-state index contributed by atoms with van der Waals surface area (Å²) in [6.07, 6.45) is 11.9. The maximum absolute atomic E-state index is 13.8. The molecule has 8 rings (SSSR count). The number of pyridine rings is 1. The van der Waals surface area contributed by atoms with E-state index in [2.05, 4.69) is 34.6 Å². The fourth-order valence-corrected chi connectivity index (χ4v) is 10.7. The molecule has 0 aromatic carbocycles. The first kappa shape index (κ1) is 28.0. The number of rotatable bonds is 5. The molecule has 4 fully saturated rings. The van der Waals surface area contributed by atoms with E-state index < -0.39 is 17.1 Å². The van der Waals surface area contributed by atoms with Crippen LogP contribution in [0.3, 0.4) is 0 Å². The molecule has 7 atom stereocenters. The monoisotopic (exact) mass is 604 g/mol. The summed E-state index contributed by atoms with van der Waals surface area (Å²) >= 11 is 1.21. The molecule has 1 aliphatic heterocycles. The fourth-order valence-electron chi connectivity index (χ4n) is 9.95. The summed E-state index contributed by atoms with van der Waals surface area (Å²) < 4.78 is 13.6. The summed E-state index contributed by atoms with van der Waals surface area (Å²) in [5.41, 5.74) is 2.69. The van der Waals surface area contributed by atoms with Crippen LogP contribution in [-0.2, 0) is 16.0 Å². The van der Waals surface area contributed by atoms with Crippen LogP contribution in [0, 0.1) is 28.6 Å². The van der Waals surface area contributed by atoms with Crippen molar-refractivity contribution in [2.24, 2.45) is 28.6 Å². The zero-order valence-corrected chi connectivity index (χ0v) is 25.7. The number of aromatic nitrogens is 4. The molecule has 0 bridgehead atoms. The molecule has 10 heteroatoms. The van der Waals surface area contributed by atoms with E-state index in [4.69, 9.17) is 14.3 Å². The Morgan fingerprint density at radius 2 is 2.05 bits per heavy atom. The first-order chi connectivity index (χ1) is 20.7. The summed E-state index contributed by atoms with van der Waals surface area (Å²) in [7, 11) is 0. The van der Waals surface area contributed by atoms with Crippen molar-refractivity contribution in [1.82, 2.24) is 19.7 Å². The minimum Gasteiger partial charge on any atom is -0.430 e. The van der Waals surface area contributed by atoms with Gasteiger partial charge in [-0.1, -0.05) is 31.2 Å². The topological polar surface area (TPSA) is 124 Å². The number of allylic oxidation sites excluding steroid dienone is 1. The van der Waals surface area contributed by atoms with Crippen molar-refractivity contribution in [2.45, 2.75) is 88.2 Å². The second kappa shape index (κ2) is 9.99. The minimum atomic E-state index is -1.48. The molecular weight excluding hydrogens is 564 g/mol. The van der Waals surface area contributed by atoms with E-state index in [-0.39, 0.29) is 34.7 Å². The summed E-state index contributed by atoms with van der Waals surface area (Å²) in [5, 5.41) is 29.3. The normalized spacial score (nSPS) is 37.3. The van der Waals surface area contributed by atoms with Gasteiger partial charge in [-0.05, 0) is 98.3 Å². The van der Waals surface area contributed by atoms with Crippen molar-refractivity contribution in [2.75, 3.05) is 19.0 Å². The molecule has 0 amide bonds. The molecule has 6 unspecified atom stereocenters. The lowest BCUT2D eigenvalue weighted by molar-refractivity contribution is -0.177. The number of fused-ring (bicyclic) bond motifs is 7. The highest BCUT2D eigenvalue weighted by Crippen LogP contribution is 2.67. The molecule has 3 aromatic heterocycles. The van der Waals surface area contributed by atoms with Gasteiger partial charge in [0.15, 0.2) is 17.0 Å². The number of nitrogens with zero attached hydrogens (tertiary/aromatic N) is 4. The first-order valence-electron chi connectivity index (χ1n) is 15.8. The largest absolute Gasteiger partial charge is 0.430 e. The number of aliphatic hydroxyl groups is 2. The van der Waals surface area contributed by atoms with E-state index in [1.807, 2.05) is 6.20 Å². The van der Waals surface area contributed by atoms with Gasteiger partial charge in [-0.25, -0.2) is 4.98 Å². The summed E-state index contributed by atoms with van der Waals surface area (Å²) in [6.45, 7) is 5.96. The van der Waals surface area contributed by atoms with E-state index in [1.54, 1.807) is 18.3 Å². The van der Waals surface area contributed by atoms with Crippen LogP contribution in [0.25, 0.3) is 17.3 Å². The van der Waals surface area contributed by atoms with Gasteiger partial charge in [0, 0.05) is 24.8 Å². The van der Waals surface area contributed by atoms with Crippen LogP contribution in [-0.4, -0.2) is 66.4 Å². The van der Waals surface area contributed by atoms with Crippen molar-refractivity contribution < 1.29 is 24.2 Å². The number of Topliss-reactive ketones (excluding diaryl/α,β-unsaturated/α-hetero) is 1. The SMILES string of the molecule is CC12Cc3cnn(C4CCOCC4)c3C=C1CCC1C2C(O)CC2(C)C1CC[C@]2(O)C(=O)CSc1nc2ncccc2o1. The van der Waals surface area contributed by atoms with Gasteiger partial charge in [-0.2, -0.15) is 10.1 Å². The number of thioether (sulfide) groups is 1. The van der Waals surface area contributed by atoms with Gasteiger partial charge in [0.2, 0.25) is 0 Å². The van der Waals surface area contributed by atoms with Gasteiger partial charge in [-0.15, -0.1) is 0 Å². The van der Waals surface area contributed by atoms with E-state index in [0.717, 1.165) is 51.7 Å².